The summed E-state index contributed by atoms with van der Waals surface area (Å²) in [6.07, 6.45) is -0.614. The van der Waals surface area contributed by atoms with Crippen molar-refractivity contribution in [2.24, 2.45) is 0 Å². The number of methoxy groups -OCH3 is 1. The second kappa shape index (κ2) is 10.3. The molecule has 4 heteroatoms. The van der Waals surface area contributed by atoms with Gasteiger partial charge in [-0.3, -0.25) is 0 Å². The number of benzene rings is 4. The van der Waals surface area contributed by atoms with Crippen LogP contribution in [-0.4, -0.2) is 29.4 Å². The molecule has 5 rings (SSSR count). The molecule has 4 aromatic carbocycles. The number of aryl methyl sites for hydroxylation is 2. The summed E-state index contributed by atoms with van der Waals surface area (Å²) in [5, 5.41) is 15.8. The Bertz CT molecular complexity index is 1470. The van der Waals surface area contributed by atoms with Gasteiger partial charge in [0.2, 0.25) is 0 Å². The van der Waals surface area contributed by atoms with E-state index in [1.807, 2.05) is 30.3 Å². The van der Waals surface area contributed by atoms with Crippen LogP contribution in [0.25, 0.3) is 33.3 Å². The van der Waals surface area contributed by atoms with Gasteiger partial charge >= 0.3 is 0 Å². The maximum atomic E-state index is 11.3. The summed E-state index contributed by atoms with van der Waals surface area (Å²) in [5.41, 5.74) is 9.10. The van der Waals surface area contributed by atoms with E-state index in [1.54, 1.807) is 7.11 Å². The van der Waals surface area contributed by atoms with Crippen molar-refractivity contribution in [3.8, 4) is 28.1 Å². The van der Waals surface area contributed by atoms with Crippen LogP contribution in [0, 0.1) is 13.8 Å². The second-order valence-electron chi connectivity index (χ2n) is 9.28. The van der Waals surface area contributed by atoms with Crippen LogP contribution in [0.5, 0.6) is 5.75 Å². The third-order valence-corrected chi connectivity index (χ3v) is 6.63. The van der Waals surface area contributed by atoms with Crippen LogP contribution in [0.2, 0.25) is 0 Å². The molecule has 0 aliphatic carbocycles. The summed E-state index contributed by atoms with van der Waals surface area (Å²) in [6.45, 7) is 5.17. The van der Waals surface area contributed by atoms with Crippen molar-refractivity contribution in [3.05, 3.63) is 108 Å². The number of hydrogen-bond donors (Lipinski definition) is 2. The van der Waals surface area contributed by atoms with Crippen molar-refractivity contribution in [1.29, 1.82) is 0 Å². The van der Waals surface area contributed by atoms with E-state index in [0.717, 1.165) is 28.2 Å². The number of nitrogens with zero attached hydrogens (tertiary/aromatic N) is 1. The first kappa shape index (κ1) is 23.7. The maximum absolute atomic E-state index is 11.3. The molecule has 0 fully saturated rings. The van der Waals surface area contributed by atoms with Gasteiger partial charge in [0.15, 0.2) is 0 Å². The quantitative estimate of drug-likeness (QED) is 0.252. The Balaban J connectivity index is 1.63. The normalized spacial score (nSPS) is 12.0. The summed E-state index contributed by atoms with van der Waals surface area (Å²) < 4.78 is 7.76. The minimum atomic E-state index is -0.614. The summed E-state index contributed by atoms with van der Waals surface area (Å²) in [5.74, 6) is 0.763. The number of nitrogens with one attached hydrogen (secondary N) is 1. The molecule has 1 atom stereocenters. The number of para-hydroxylation sites is 2. The highest BCUT2D eigenvalue weighted by Crippen LogP contribution is 2.42. The fourth-order valence-electron chi connectivity index (χ4n) is 5.15. The van der Waals surface area contributed by atoms with E-state index in [0.29, 0.717) is 13.1 Å². The fourth-order valence-corrected chi connectivity index (χ4v) is 5.15. The molecule has 0 saturated heterocycles. The summed E-state index contributed by atoms with van der Waals surface area (Å²) in [7, 11) is 1.66. The SMILES string of the molecule is COc1ccccc1NCC(O)Cn1c(-c2ccccc2)c(-c2ccccc2)c2cc(C)cc(C)c21. The first-order chi connectivity index (χ1) is 17.6. The van der Waals surface area contributed by atoms with Crippen LogP contribution in [0.15, 0.2) is 97.1 Å². The molecule has 1 aromatic heterocycles. The molecule has 0 bridgehead atoms. The highest BCUT2D eigenvalue weighted by Gasteiger charge is 2.23. The highest BCUT2D eigenvalue weighted by atomic mass is 16.5. The van der Waals surface area contributed by atoms with Gasteiger partial charge in [-0.2, -0.15) is 0 Å². The highest BCUT2D eigenvalue weighted by molar-refractivity contribution is 6.06. The minimum absolute atomic E-state index is 0.403. The van der Waals surface area contributed by atoms with E-state index in [-0.39, 0.29) is 0 Å². The Labute approximate surface area is 212 Å². The van der Waals surface area contributed by atoms with Gasteiger partial charge in [-0.1, -0.05) is 84.4 Å². The molecule has 0 aliphatic heterocycles. The molecule has 5 aromatic rings. The Morgan fingerprint density at radius 3 is 2.17 bits per heavy atom. The fraction of sp³-hybridized carbons (Fsp3) is 0.188. The Morgan fingerprint density at radius 1 is 0.833 bits per heavy atom. The zero-order chi connectivity index (χ0) is 25.1. The number of rotatable bonds is 8. The molecule has 4 nitrogen and oxygen atoms in total. The van der Waals surface area contributed by atoms with Crippen molar-refractivity contribution >= 4 is 16.6 Å². The van der Waals surface area contributed by atoms with E-state index in [2.05, 4.69) is 90.5 Å². The van der Waals surface area contributed by atoms with Crippen LogP contribution in [0.1, 0.15) is 11.1 Å². The van der Waals surface area contributed by atoms with Crippen molar-refractivity contribution in [2.45, 2.75) is 26.5 Å². The van der Waals surface area contributed by atoms with Crippen LogP contribution in [-0.2, 0) is 6.54 Å². The van der Waals surface area contributed by atoms with Crippen molar-refractivity contribution in [1.82, 2.24) is 4.57 Å². The van der Waals surface area contributed by atoms with Crippen LogP contribution >= 0.6 is 0 Å². The van der Waals surface area contributed by atoms with Gasteiger partial charge in [0, 0.05) is 17.5 Å². The largest absolute Gasteiger partial charge is 0.495 e. The van der Waals surface area contributed by atoms with E-state index in [1.165, 1.54) is 27.6 Å². The lowest BCUT2D eigenvalue weighted by atomic mass is 9.97. The smallest absolute Gasteiger partial charge is 0.141 e. The van der Waals surface area contributed by atoms with Gasteiger partial charge in [0.25, 0.3) is 0 Å². The number of aliphatic hydroxyl groups excluding tert-OH is 1. The number of anilines is 1. The van der Waals surface area contributed by atoms with E-state index in [4.69, 9.17) is 4.74 Å². The average molecular weight is 477 g/mol. The minimum Gasteiger partial charge on any atom is -0.495 e. The third-order valence-electron chi connectivity index (χ3n) is 6.63. The number of aromatic nitrogens is 1. The molecule has 0 aliphatic rings. The van der Waals surface area contributed by atoms with Gasteiger partial charge in [0.05, 0.1) is 36.7 Å². The van der Waals surface area contributed by atoms with Crippen LogP contribution < -0.4 is 10.1 Å². The Kier molecular flexibility index (Phi) is 6.79. The predicted octanol–water partition coefficient (Wildman–Crippen LogP) is 7.07. The van der Waals surface area contributed by atoms with E-state index < -0.39 is 6.10 Å². The van der Waals surface area contributed by atoms with Gasteiger partial charge < -0.3 is 19.7 Å². The maximum Gasteiger partial charge on any atom is 0.141 e. The van der Waals surface area contributed by atoms with Gasteiger partial charge in [0.1, 0.15) is 5.75 Å². The lowest BCUT2D eigenvalue weighted by Crippen LogP contribution is -2.25. The van der Waals surface area contributed by atoms with Gasteiger partial charge in [-0.05, 0) is 48.7 Å². The number of hydrogen-bond acceptors (Lipinski definition) is 3. The van der Waals surface area contributed by atoms with Crippen molar-refractivity contribution < 1.29 is 9.84 Å². The standard InChI is InChI=1S/C32H32N2O2/c1-22-18-23(2)31-27(19-22)30(24-12-6-4-7-13-24)32(25-14-8-5-9-15-25)34(31)21-26(35)20-33-28-16-10-11-17-29(28)36-3/h4-19,26,33,35H,20-21H2,1-3H3. The number of aliphatic hydroxyl groups is 1. The molecule has 36 heavy (non-hydrogen) atoms. The monoisotopic (exact) mass is 476 g/mol. The molecule has 1 heterocycles. The van der Waals surface area contributed by atoms with Crippen LogP contribution in [0.3, 0.4) is 0 Å². The molecule has 0 radical (unpaired) electrons. The molecule has 0 saturated carbocycles. The predicted molar refractivity (Wildman–Crippen MR) is 150 cm³/mol. The summed E-state index contributed by atoms with van der Waals surface area (Å²) in [6, 6.07) is 33.3. The third kappa shape index (κ3) is 4.60. The lowest BCUT2D eigenvalue weighted by molar-refractivity contribution is 0.168. The van der Waals surface area contributed by atoms with Gasteiger partial charge in [-0.15, -0.1) is 0 Å². The first-order valence-electron chi connectivity index (χ1n) is 12.4. The Hall–Kier alpha value is -4.02. The molecular weight excluding hydrogens is 444 g/mol. The molecule has 0 spiro atoms. The van der Waals surface area contributed by atoms with Gasteiger partial charge in [-0.25, -0.2) is 0 Å². The molecule has 182 valence electrons. The molecule has 2 N–H and O–H groups in total. The molecule has 0 amide bonds. The lowest BCUT2D eigenvalue weighted by Gasteiger charge is -2.19. The van der Waals surface area contributed by atoms with Crippen molar-refractivity contribution in [2.75, 3.05) is 19.0 Å². The number of fused-ring (bicyclic) bond motifs is 1. The zero-order valence-electron chi connectivity index (χ0n) is 21.0. The molecular formula is C32H32N2O2. The molecule has 1 unspecified atom stereocenters. The van der Waals surface area contributed by atoms with Crippen LogP contribution in [0.4, 0.5) is 5.69 Å². The second-order valence-corrected chi connectivity index (χ2v) is 9.28. The van der Waals surface area contributed by atoms with E-state index >= 15 is 0 Å². The zero-order valence-corrected chi connectivity index (χ0v) is 21.0. The van der Waals surface area contributed by atoms with Crippen molar-refractivity contribution in [3.63, 3.8) is 0 Å². The van der Waals surface area contributed by atoms with E-state index in [9.17, 15) is 5.11 Å². The summed E-state index contributed by atoms with van der Waals surface area (Å²) >= 11 is 0. The first-order valence-corrected chi connectivity index (χ1v) is 12.4. The Morgan fingerprint density at radius 2 is 1.47 bits per heavy atom. The average Bonchev–Trinajstić information content (AvgIpc) is 3.22. The number of ether oxygens (including phenoxy) is 1. The summed E-state index contributed by atoms with van der Waals surface area (Å²) in [4.78, 5) is 0. The topological polar surface area (TPSA) is 46.4 Å².